The fourth-order valence-corrected chi connectivity index (χ4v) is 4.77. The van der Waals surface area contributed by atoms with Crippen LogP contribution in [0.1, 0.15) is 35.5 Å². The van der Waals surface area contributed by atoms with Gasteiger partial charge in [-0.1, -0.05) is 36.8 Å². The lowest BCUT2D eigenvalue weighted by molar-refractivity contribution is 0.219. The molecule has 1 saturated heterocycles. The van der Waals surface area contributed by atoms with Gasteiger partial charge in [0.1, 0.15) is 5.01 Å². The monoisotopic (exact) mass is 365 g/mol. The Balaban J connectivity index is 1.51. The number of nitrogens with zero attached hydrogens (tertiary/aromatic N) is 2. The zero-order valence-electron chi connectivity index (χ0n) is 13.6. The van der Waals surface area contributed by atoms with Crippen LogP contribution in [0.15, 0.2) is 35.7 Å². The van der Waals surface area contributed by atoms with Crippen LogP contribution in [0.4, 0.5) is 0 Å². The smallest absolute Gasteiger partial charge is 0.216 e. The molecule has 0 unspecified atom stereocenters. The molecule has 2 heterocycles. The number of benzene rings is 1. The summed E-state index contributed by atoms with van der Waals surface area (Å²) < 4.78 is 27.0. The molecule has 1 aromatic heterocycles. The third-order valence-corrected chi connectivity index (χ3v) is 6.27. The van der Waals surface area contributed by atoms with Crippen molar-refractivity contribution in [3.8, 4) is 0 Å². The lowest BCUT2D eigenvalue weighted by Gasteiger charge is -2.25. The molecule has 1 aromatic carbocycles. The second kappa shape index (κ2) is 8.20. The normalized spacial score (nSPS) is 16.3. The summed E-state index contributed by atoms with van der Waals surface area (Å²) in [5.41, 5.74) is 1.83. The fraction of sp³-hybridized carbons (Fsp3) is 0.471. The Kier molecular flexibility index (Phi) is 5.99. The molecule has 0 atom stereocenters. The van der Waals surface area contributed by atoms with Gasteiger partial charge in [-0.05, 0) is 31.5 Å². The first-order valence-corrected chi connectivity index (χ1v) is 10.8. The molecule has 5 nitrogen and oxygen atoms in total. The number of rotatable bonds is 7. The molecular weight excluding hydrogens is 342 g/mol. The Labute approximate surface area is 147 Å². The summed E-state index contributed by atoms with van der Waals surface area (Å²) in [6.45, 7) is 3.40. The van der Waals surface area contributed by atoms with E-state index in [4.69, 9.17) is 0 Å². The average Bonchev–Trinajstić information content (AvgIpc) is 3.02. The van der Waals surface area contributed by atoms with E-state index in [9.17, 15) is 8.42 Å². The van der Waals surface area contributed by atoms with Crippen molar-refractivity contribution in [1.82, 2.24) is 14.6 Å². The van der Waals surface area contributed by atoms with E-state index in [2.05, 4.69) is 14.6 Å². The van der Waals surface area contributed by atoms with Gasteiger partial charge in [0.25, 0.3) is 0 Å². The number of sulfonamides is 1. The van der Waals surface area contributed by atoms with E-state index in [1.165, 1.54) is 30.6 Å². The highest BCUT2D eigenvalue weighted by atomic mass is 32.2. The zero-order valence-corrected chi connectivity index (χ0v) is 15.3. The predicted octanol–water partition coefficient (Wildman–Crippen LogP) is 2.75. The van der Waals surface area contributed by atoms with Crippen LogP contribution in [0, 0.1) is 0 Å². The largest absolute Gasteiger partial charge is 0.297 e. The molecule has 0 saturated carbocycles. The van der Waals surface area contributed by atoms with Crippen molar-refractivity contribution in [3.05, 3.63) is 52.0 Å². The van der Waals surface area contributed by atoms with E-state index < -0.39 is 10.0 Å². The van der Waals surface area contributed by atoms with Crippen LogP contribution in [-0.2, 0) is 28.9 Å². The van der Waals surface area contributed by atoms with Gasteiger partial charge in [0.2, 0.25) is 10.0 Å². The molecule has 0 amide bonds. The van der Waals surface area contributed by atoms with E-state index in [1.54, 1.807) is 0 Å². The number of hydrogen-bond acceptors (Lipinski definition) is 5. The lowest BCUT2D eigenvalue weighted by atomic mass is 10.1. The number of aromatic nitrogens is 1. The number of likely N-dealkylation sites (tertiary alicyclic amines) is 1. The first kappa shape index (κ1) is 17.5. The molecule has 2 aromatic rings. The Morgan fingerprint density at radius 1 is 1.12 bits per heavy atom. The van der Waals surface area contributed by atoms with Gasteiger partial charge in [-0.3, -0.25) is 4.90 Å². The molecule has 1 aliphatic rings. The van der Waals surface area contributed by atoms with Crippen molar-refractivity contribution in [2.75, 3.05) is 13.1 Å². The van der Waals surface area contributed by atoms with Crippen LogP contribution in [-0.4, -0.2) is 31.4 Å². The van der Waals surface area contributed by atoms with Crippen molar-refractivity contribution in [2.45, 2.75) is 38.1 Å². The van der Waals surface area contributed by atoms with Gasteiger partial charge in [0, 0.05) is 11.9 Å². The van der Waals surface area contributed by atoms with Gasteiger partial charge >= 0.3 is 0 Å². The summed E-state index contributed by atoms with van der Waals surface area (Å²) in [7, 11) is -3.34. The third kappa shape index (κ3) is 5.37. The van der Waals surface area contributed by atoms with E-state index in [1.807, 2.05) is 35.7 Å². The van der Waals surface area contributed by atoms with Crippen LogP contribution in [0.2, 0.25) is 0 Å². The molecule has 0 bridgehead atoms. The number of nitrogens with one attached hydrogen (secondary N) is 1. The maximum absolute atomic E-state index is 12.2. The van der Waals surface area contributed by atoms with Crippen LogP contribution >= 0.6 is 11.3 Å². The first-order chi connectivity index (χ1) is 11.6. The molecule has 1 fully saturated rings. The summed E-state index contributed by atoms with van der Waals surface area (Å²) in [5.74, 6) is -0.000149. The summed E-state index contributed by atoms with van der Waals surface area (Å²) >= 11 is 1.52. The molecule has 0 radical (unpaired) electrons. The lowest BCUT2D eigenvalue weighted by Crippen LogP contribution is -2.29. The number of piperidine rings is 1. The number of thiazole rings is 1. The van der Waals surface area contributed by atoms with Gasteiger partial charge < -0.3 is 0 Å². The molecule has 1 aliphatic heterocycles. The summed E-state index contributed by atoms with van der Waals surface area (Å²) in [6, 6.07) is 9.21. The third-order valence-electron chi connectivity index (χ3n) is 4.08. The zero-order chi connectivity index (χ0) is 16.8. The van der Waals surface area contributed by atoms with Crippen LogP contribution in [0.3, 0.4) is 0 Å². The van der Waals surface area contributed by atoms with E-state index in [0.717, 1.165) is 35.9 Å². The van der Waals surface area contributed by atoms with Gasteiger partial charge in [-0.25, -0.2) is 18.1 Å². The minimum Gasteiger partial charge on any atom is -0.297 e. The van der Waals surface area contributed by atoms with Crippen LogP contribution in [0.5, 0.6) is 0 Å². The van der Waals surface area contributed by atoms with E-state index in [0.29, 0.717) is 0 Å². The Morgan fingerprint density at radius 2 is 1.88 bits per heavy atom. The summed E-state index contributed by atoms with van der Waals surface area (Å²) in [6.07, 6.45) is 3.84. The standard InChI is InChI=1S/C17H23N3O2S2/c21-24(22,14-15-7-3-1-4-8-15)18-11-17-19-16(13-23-17)12-20-9-5-2-6-10-20/h1,3-4,7-8,13,18H,2,5-6,9-12,14H2. The molecule has 0 aliphatic carbocycles. The minimum atomic E-state index is -3.34. The SMILES string of the molecule is O=S(=O)(Cc1ccccc1)NCc1nc(CN2CCCCC2)cs1. The molecule has 7 heteroatoms. The van der Waals surface area contributed by atoms with Crippen LogP contribution < -0.4 is 4.72 Å². The average molecular weight is 366 g/mol. The van der Waals surface area contributed by atoms with Crippen molar-refractivity contribution >= 4 is 21.4 Å². The fourth-order valence-electron chi connectivity index (χ4n) is 2.87. The van der Waals surface area contributed by atoms with E-state index >= 15 is 0 Å². The molecule has 24 heavy (non-hydrogen) atoms. The van der Waals surface area contributed by atoms with E-state index in [-0.39, 0.29) is 12.3 Å². The highest BCUT2D eigenvalue weighted by molar-refractivity contribution is 7.88. The van der Waals surface area contributed by atoms with Crippen molar-refractivity contribution in [2.24, 2.45) is 0 Å². The molecular formula is C17H23N3O2S2. The molecule has 0 spiro atoms. The topological polar surface area (TPSA) is 62.3 Å². The van der Waals surface area contributed by atoms with Gasteiger partial charge in [-0.15, -0.1) is 11.3 Å². The number of hydrogen-bond donors (Lipinski definition) is 1. The van der Waals surface area contributed by atoms with Crippen LogP contribution in [0.25, 0.3) is 0 Å². The maximum atomic E-state index is 12.2. The van der Waals surface area contributed by atoms with Crippen molar-refractivity contribution < 1.29 is 8.42 Å². The maximum Gasteiger partial charge on any atom is 0.216 e. The first-order valence-electron chi connectivity index (χ1n) is 8.28. The Bertz CT molecular complexity index is 738. The van der Waals surface area contributed by atoms with Gasteiger partial charge in [-0.2, -0.15) is 0 Å². The van der Waals surface area contributed by atoms with Gasteiger partial charge in [0.05, 0.1) is 18.0 Å². The van der Waals surface area contributed by atoms with Crippen molar-refractivity contribution in [1.29, 1.82) is 0 Å². The highest BCUT2D eigenvalue weighted by Crippen LogP contribution is 2.16. The summed E-state index contributed by atoms with van der Waals surface area (Å²) in [5, 5.41) is 2.86. The Morgan fingerprint density at radius 3 is 2.62 bits per heavy atom. The van der Waals surface area contributed by atoms with Crippen molar-refractivity contribution in [3.63, 3.8) is 0 Å². The second-order valence-corrected chi connectivity index (χ2v) is 8.88. The minimum absolute atomic E-state index is 0.000149. The molecule has 3 rings (SSSR count). The molecule has 1 N–H and O–H groups in total. The Hall–Kier alpha value is -1.28. The quantitative estimate of drug-likeness (QED) is 0.819. The summed E-state index contributed by atoms with van der Waals surface area (Å²) in [4.78, 5) is 6.98. The predicted molar refractivity (Wildman–Crippen MR) is 97.1 cm³/mol. The highest BCUT2D eigenvalue weighted by Gasteiger charge is 2.14. The second-order valence-electron chi connectivity index (χ2n) is 6.14. The molecule has 130 valence electrons. The van der Waals surface area contributed by atoms with Gasteiger partial charge in [0.15, 0.2) is 0 Å².